The molecule has 0 radical (unpaired) electrons. The molecule has 1 aliphatic rings. The second-order valence-corrected chi connectivity index (χ2v) is 7.38. The number of benzene rings is 1. The van der Waals surface area contributed by atoms with Crippen molar-refractivity contribution in [2.75, 3.05) is 39.8 Å². The normalized spacial score (nSPS) is 14.4. The molecule has 1 amide bonds. The van der Waals surface area contributed by atoms with Gasteiger partial charge in [-0.2, -0.15) is 0 Å². The first-order chi connectivity index (χ1) is 14.1. The lowest BCUT2D eigenvalue weighted by molar-refractivity contribution is -0.131. The summed E-state index contributed by atoms with van der Waals surface area (Å²) in [5.74, 6) is 1.97. The van der Waals surface area contributed by atoms with E-state index in [1.165, 1.54) is 0 Å². The topological polar surface area (TPSA) is 78.7 Å². The number of hydrogen-bond acceptors (Lipinski definition) is 4. The number of aryl methyl sites for hydroxylation is 1. The Morgan fingerprint density at radius 2 is 1.97 bits per heavy atom. The van der Waals surface area contributed by atoms with E-state index in [4.69, 9.17) is 11.6 Å². The number of aliphatic imine (C=N–C) groups is 1. The van der Waals surface area contributed by atoms with Crippen molar-refractivity contribution in [3.63, 3.8) is 0 Å². The molecule has 1 saturated heterocycles. The van der Waals surface area contributed by atoms with Crippen molar-refractivity contribution in [3.05, 3.63) is 47.0 Å². The Morgan fingerprint density at radius 3 is 2.63 bits per heavy atom. The molecule has 0 aliphatic carbocycles. The molecule has 0 saturated carbocycles. The molecular weight excluding hydrogens is 517 g/mol. The van der Waals surface area contributed by atoms with Crippen LogP contribution in [0.4, 0.5) is 0 Å². The summed E-state index contributed by atoms with van der Waals surface area (Å²) in [5, 5.41) is 12.1. The number of rotatable bonds is 6. The third-order valence-corrected chi connectivity index (χ3v) is 5.27. The van der Waals surface area contributed by atoms with Gasteiger partial charge in [-0.05, 0) is 17.7 Å². The molecule has 1 aromatic carbocycles. The van der Waals surface area contributed by atoms with Crippen molar-refractivity contribution in [3.8, 4) is 0 Å². The summed E-state index contributed by atoms with van der Waals surface area (Å²) >= 11 is 6.01. The lowest BCUT2D eigenvalue weighted by atomic mass is 10.1. The quantitative estimate of drug-likeness (QED) is 0.342. The first-order valence-corrected chi connectivity index (χ1v) is 10.3. The number of carbonyl (C=O) groups excluding carboxylic acids is 1. The summed E-state index contributed by atoms with van der Waals surface area (Å²) in [7, 11) is 1.79. The summed E-state index contributed by atoms with van der Waals surface area (Å²) in [6, 6.07) is 7.48. The highest BCUT2D eigenvalue weighted by molar-refractivity contribution is 14.0. The van der Waals surface area contributed by atoms with E-state index in [1.807, 2.05) is 33.7 Å². The molecule has 2 heterocycles. The third-order valence-electron chi connectivity index (χ3n) is 5.04. The Labute approximate surface area is 199 Å². The largest absolute Gasteiger partial charge is 0.354 e. The highest BCUT2D eigenvalue weighted by Gasteiger charge is 2.23. The van der Waals surface area contributed by atoms with E-state index in [9.17, 15) is 4.79 Å². The molecule has 30 heavy (non-hydrogen) atoms. The number of aromatic nitrogens is 3. The molecule has 0 spiro atoms. The lowest BCUT2D eigenvalue weighted by Crippen LogP contribution is -2.54. The standard InChI is InChI=1S/C20H28ClN7O.HI/c1-3-18-25-24-15-28(18)8-7-23-20(22-2)27-11-9-26(10-12-27)19(29)14-16-5-4-6-17(21)13-16;/h4-6,13,15H,3,7-12,14H2,1-2H3,(H,22,23);1H. The number of nitrogens with zero attached hydrogens (tertiary/aromatic N) is 6. The minimum absolute atomic E-state index is 0. The number of halogens is 2. The maximum atomic E-state index is 12.6. The third kappa shape index (κ3) is 6.56. The van der Waals surface area contributed by atoms with Crippen LogP contribution in [0, 0.1) is 0 Å². The zero-order valence-electron chi connectivity index (χ0n) is 17.4. The molecule has 1 aromatic heterocycles. The van der Waals surface area contributed by atoms with Crippen LogP contribution in [0.15, 0.2) is 35.6 Å². The van der Waals surface area contributed by atoms with Gasteiger partial charge >= 0.3 is 0 Å². The van der Waals surface area contributed by atoms with Gasteiger partial charge in [-0.25, -0.2) is 0 Å². The molecule has 1 N–H and O–H groups in total. The highest BCUT2D eigenvalue weighted by atomic mass is 127. The molecule has 0 atom stereocenters. The average molecular weight is 546 g/mol. The lowest BCUT2D eigenvalue weighted by Gasteiger charge is -2.36. The fourth-order valence-electron chi connectivity index (χ4n) is 3.46. The van der Waals surface area contributed by atoms with Gasteiger partial charge in [-0.1, -0.05) is 30.7 Å². The van der Waals surface area contributed by atoms with E-state index in [-0.39, 0.29) is 29.9 Å². The van der Waals surface area contributed by atoms with Gasteiger partial charge in [0.05, 0.1) is 6.42 Å². The van der Waals surface area contributed by atoms with E-state index in [1.54, 1.807) is 13.4 Å². The SMILES string of the molecule is CCc1nncn1CCNC(=NC)N1CCN(C(=O)Cc2cccc(Cl)c2)CC1.I. The van der Waals surface area contributed by atoms with E-state index < -0.39 is 0 Å². The van der Waals surface area contributed by atoms with Crippen molar-refractivity contribution in [1.29, 1.82) is 0 Å². The smallest absolute Gasteiger partial charge is 0.227 e. The van der Waals surface area contributed by atoms with E-state index >= 15 is 0 Å². The van der Waals surface area contributed by atoms with Crippen molar-refractivity contribution >= 4 is 47.4 Å². The van der Waals surface area contributed by atoms with Crippen LogP contribution in [0.3, 0.4) is 0 Å². The van der Waals surface area contributed by atoms with Gasteiger partial charge in [0, 0.05) is 57.8 Å². The molecule has 0 bridgehead atoms. The summed E-state index contributed by atoms with van der Waals surface area (Å²) in [6.45, 7) is 6.48. The molecular formula is C20H29ClIN7O. The second kappa shape index (κ2) is 12.1. The van der Waals surface area contributed by atoms with Gasteiger partial charge in [0.15, 0.2) is 5.96 Å². The predicted molar refractivity (Wildman–Crippen MR) is 129 cm³/mol. The first-order valence-electron chi connectivity index (χ1n) is 9.95. The fourth-order valence-corrected chi connectivity index (χ4v) is 3.67. The van der Waals surface area contributed by atoms with E-state index in [2.05, 4.69) is 32.3 Å². The van der Waals surface area contributed by atoms with Crippen LogP contribution in [0.25, 0.3) is 0 Å². The van der Waals surface area contributed by atoms with Gasteiger partial charge < -0.3 is 19.7 Å². The molecule has 10 heteroatoms. The maximum Gasteiger partial charge on any atom is 0.227 e. The number of carbonyl (C=O) groups is 1. The Balaban J connectivity index is 0.00000320. The van der Waals surface area contributed by atoms with Crippen LogP contribution in [0.5, 0.6) is 0 Å². The van der Waals surface area contributed by atoms with Gasteiger partial charge in [0.1, 0.15) is 12.2 Å². The summed E-state index contributed by atoms with van der Waals surface area (Å²) in [5.41, 5.74) is 0.947. The molecule has 1 fully saturated rings. The maximum absolute atomic E-state index is 12.6. The predicted octanol–water partition coefficient (Wildman–Crippen LogP) is 2.07. The van der Waals surface area contributed by atoms with Crippen LogP contribution >= 0.6 is 35.6 Å². The molecule has 1 aliphatic heterocycles. The Morgan fingerprint density at radius 1 is 1.23 bits per heavy atom. The highest BCUT2D eigenvalue weighted by Crippen LogP contribution is 2.13. The van der Waals surface area contributed by atoms with Gasteiger partial charge in [-0.15, -0.1) is 34.2 Å². The van der Waals surface area contributed by atoms with Crippen molar-refractivity contribution < 1.29 is 4.79 Å². The average Bonchev–Trinajstić information content (AvgIpc) is 3.19. The number of amides is 1. The van der Waals surface area contributed by atoms with Crippen LogP contribution in [0.1, 0.15) is 18.3 Å². The molecule has 2 aromatic rings. The number of guanidine groups is 1. The molecule has 0 unspecified atom stereocenters. The number of nitrogens with one attached hydrogen (secondary N) is 1. The van der Waals surface area contributed by atoms with E-state index in [0.717, 1.165) is 49.9 Å². The van der Waals surface area contributed by atoms with Gasteiger partial charge in [-0.3, -0.25) is 9.79 Å². The minimum atomic E-state index is 0. The number of hydrogen-bond donors (Lipinski definition) is 1. The summed E-state index contributed by atoms with van der Waals surface area (Å²) < 4.78 is 2.05. The van der Waals surface area contributed by atoms with E-state index in [0.29, 0.717) is 24.5 Å². The molecule has 3 rings (SSSR count). The molecule has 8 nitrogen and oxygen atoms in total. The van der Waals surface area contributed by atoms with Crippen LogP contribution in [-0.4, -0.2) is 76.2 Å². The monoisotopic (exact) mass is 545 g/mol. The number of piperazine rings is 1. The van der Waals surface area contributed by atoms with Crippen LogP contribution in [-0.2, 0) is 24.2 Å². The minimum Gasteiger partial charge on any atom is -0.354 e. The van der Waals surface area contributed by atoms with Crippen LogP contribution < -0.4 is 5.32 Å². The zero-order valence-corrected chi connectivity index (χ0v) is 20.5. The first kappa shape index (κ1) is 24.4. The Hall–Kier alpha value is -1.88. The summed E-state index contributed by atoms with van der Waals surface area (Å²) in [4.78, 5) is 21.1. The Bertz CT molecular complexity index is 849. The molecule has 164 valence electrons. The Kier molecular flexibility index (Phi) is 9.83. The summed E-state index contributed by atoms with van der Waals surface area (Å²) in [6.07, 6.45) is 3.00. The van der Waals surface area contributed by atoms with Crippen molar-refractivity contribution in [1.82, 2.24) is 29.9 Å². The van der Waals surface area contributed by atoms with Crippen molar-refractivity contribution in [2.24, 2.45) is 4.99 Å². The zero-order chi connectivity index (χ0) is 20.6. The van der Waals surface area contributed by atoms with Gasteiger partial charge in [0.2, 0.25) is 5.91 Å². The van der Waals surface area contributed by atoms with Crippen LogP contribution in [0.2, 0.25) is 5.02 Å². The second-order valence-electron chi connectivity index (χ2n) is 6.94. The van der Waals surface area contributed by atoms with Crippen molar-refractivity contribution in [2.45, 2.75) is 26.3 Å². The van der Waals surface area contributed by atoms with Gasteiger partial charge in [0.25, 0.3) is 0 Å². The fraction of sp³-hybridized carbons (Fsp3) is 0.500.